The third-order valence-electron chi connectivity index (χ3n) is 4.26. The summed E-state index contributed by atoms with van der Waals surface area (Å²) in [6.45, 7) is 3.07. The van der Waals surface area contributed by atoms with E-state index in [-0.39, 0.29) is 11.6 Å². The third-order valence-corrected chi connectivity index (χ3v) is 4.26. The molecular formula is C17H17N3O2. The van der Waals surface area contributed by atoms with Crippen LogP contribution in [0.4, 0.5) is 0 Å². The number of ether oxygens (including phenoxy) is 2. The summed E-state index contributed by atoms with van der Waals surface area (Å²) in [7, 11) is 0. The van der Waals surface area contributed by atoms with Crippen molar-refractivity contribution in [2.24, 2.45) is 10.7 Å². The molecule has 22 heavy (non-hydrogen) atoms. The number of hydrogen-bond donors (Lipinski definition) is 1. The zero-order valence-electron chi connectivity index (χ0n) is 12.4. The first-order chi connectivity index (χ1) is 10.7. The molecule has 2 aliphatic rings. The molecule has 0 saturated carbocycles. The minimum absolute atomic E-state index is 0.256. The van der Waals surface area contributed by atoms with Gasteiger partial charge in [-0.1, -0.05) is 6.07 Å². The highest BCUT2D eigenvalue weighted by molar-refractivity contribution is 5.74. The fourth-order valence-electron chi connectivity index (χ4n) is 3.08. The van der Waals surface area contributed by atoms with E-state index in [1.165, 1.54) is 5.56 Å². The maximum absolute atomic E-state index is 5.87. The molecule has 1 spiro atoms. The number of nitrogens with zero attached hydrogens (tertiary/aromatic N) is 2. The van der Waals surface area contributed by atoms with E-state index in [4.69, 9.17) is 15.2 Å². The Morgan fingerprint density at radius 1 is 1.18 bits per heavy atom. The summed E-state index contributed by atoms with van der Waals surface area (Å²) in [5.41, 5.74) is 9.90. The van der Waals surface area contributed by atoms with Crippen LogP contribution in [0.2, 0.25) is 0 Å². The molecule has 5 heteroatoms. The summed E-state index contributed by atoms with van der Waals surface area (Å²) in [6.07, 6.45) is 4.48. The summed E-state index contributed by atoms with van der Waals surface area (Å²) in [4.78, 5) is 8.66. The molecule has 1 aromatic carbocycles. The average Bonchev–Trinajstić information content (AvgIpc) is 2.87. The van der Waals surface area contributed by atoms with Gasteiger partial charge < -0.3 is 15.2 Å². The molecule has 0 saturated heterocycles. The molecule has 0 aliphatic carbocycles. The van der Waals surface area contributed by atoms with Gasteiger partial charge in [0.25, 0.3) is 6.02 Å². The molecule has 112 valence electrons. The highest BCUT2D eigenvalue weighted by Crippen LogP contribution is 2.36. The van der Waals surface area contributed by atoms with E-state index in [9.17, 15) is 0 Å². The zero-order valence-corrected chi connectivity index (χ0v) is 12.4. The van der Waals surface area contributed by atoms with E-state index in [1.54, 1.807) is 0 Å². The number of pyridine rings is 1. The molecule has 3 heterocycles. The van der Waals surface area contributed by atoms with Crippen molar-refractivity contribution in [1.82, 2.24) is 4.98 Å². The summed E-state index contributed by atoms with van der Waals surface area (Å²) in [6, 6.07) is 8.52. The quantitative estimate of drug-likeness (QED) is 0.874. The number of fused-ring (bicyclic) bond motifs is 1. The van der Waals surface area contributed by atoms with Crippen LogP contribution in [0, 0.1) is 6.92 Å². The zero-order chi connectivity index (χ0) is 15.2. The molecule has 2 aliphatic heterocycles. The van der Waals surface area contributed by atoms with Crippen LogP contribution < -0.4 is 10.5 Å². The number of nitrogens with two attached hydrogens (primary N) is 1. The smallest absolute Gasteiger partial charge is 0.282 e. The fourth-order valence-corrected chi connectivity index (χ4v) is 3.08. The lowest BCUT2D eigenvalue weighted by Gasteiger charge is -2.30. The van der Waals surface area contributed by atoms with Crippen molar-refractivity contribution in [1.29, 1.82) is 0 Å². The van der Waals surface area contributed by atoms with E-state index in [0.717, 1.165) is 28.9 Å². The second-order valence-electron chi connectivity index (χ2n) is 5.94. The minimum atomic E-state index is -0.375. The van der Waals surface area contributed by atoms with Crippen molar-refractivity contribution in [3.8, 4) is 16.9 Å². The second-order valence-corrected chi connectivity index (χ2v) is 5.94. The van der Waals surface area contributed by atoms with Crippen LogP contribution >= 0.6 is 0 Å². The van der Waals surface area contributed by atoms with Crippen LogP contribution in [0.3, 0.4) is 0 Å². The summed E-state index contributed by atoms with van der Waals surface area (Å²) in [5.74, 6) is 0.914. The van der Waals surface area contributed by atoms with Gasteiger partial charge in [-0.15, -0.1) is 0 Å². The van der Waals surface area contributed by atoms with Crippen LogP contribution in [-0.4, -0.2) is 29.8 Å². The van der Waals surface area contributed by atoms with Crippen molar-refractivity contribution in [3.05, 3.63) is 47.8 Å². The van der Waals surface area contributed by atoms with E-state index in [1.807, 2.05) is 24.5 Å². The average molecular weight is 295 g/mol. The van der Waals surface area contributed by atoms with Gasteiger partial charge in [0.05, 0.1) is 0 Å². The Hall–Kier alpha value is -2.56. The van der Waals surface area contributed by atoms with Gasteiger partial charge in [-0.05, 0) is 41.8 Å². The molecule has 4 rings (SSSR count). The van der Waals surface area contributed by atoms with Crippen molar-refractivity contribution in [2.45, 2.75) is 18.9 Å². The second kappa shape index (κ2) is 4.73. The number of hydrogen-bond acceptors (Lipinski definition) is 5. The molecule has 1 unspecified atom stereocenters. The third kappa shape index (κ3) is 2.09. The van der Waals surface area contributed by atoms with Gasteiger partial charge in [0.1, 0.15) is 24.5 Å². The summed E-state index contributed by atoms with van der Waals surface area (Å²) >= 11 is 0. The molecular weight excluding hydrogens is 278 g/mol. The molecule has 0 bridgehead atoms. The molecule has 1 aromatic heterocycles. The van der Waals surface area contributed by atoms with Crippen LogP contribution in [0.5, 0.6) is 5.75 Å². The molecule has 2 N–H and O–H groups in total. The van der Waals surface area contributed by atoms with Crippen LogP contribution in [0.1, 0.15) is 11.1 Å². The lowest BCUT2D eigenvalue weighted by Crippen LogP contribution is -2.41. The number of rotatable bonds is 1. The van der Waals surface area contributed by atoms with Crippen molar-refractivity contribution in [2.75, 3.05) is 13.2 Å². The van der Waals surface area contributed by atoms with Crippen LogP contribution in [-0.2, 0) is 11.2 Å². The predicted molar refractivity (Wildman–Crippen MR) is 83.9 cm³/mol. The first-order valence-electron chi connectivity index (χ1n) is 7.30. The minimum Gasteiger partial charge on any atom is -0.491 e. The van der Waals surface area contributed by atoms with E-state index < -0.39 is 0 Å². The van der Waals surface area contributed by atoms with Gasteiger partial charge >= 0.3 is 0 Å². The molecule has 2 aromatic rings. The predicted octanol–water partition coefficient (Wildman–Crippen LogP) is 2.08. The standard InChI is InChI=1S/C17H17N3O2/c1-11-4-5-19-8-14(11)12-2-3-15-13(6-12)7-17(9-21-15)10-22-16(18)20-17/h2-6,8H,7,9-10H2,1H3,(H2,18,20). The van der Waals surface area contributed by atoms with Crippen molar-refractivity contribution in [3.63, 3.8) is 0 Å². The highest BCUT2D eigenvalue weighted by Gasteiger charge is 2.41. The summed E-state index contributed by atoms with van der Waals surface area (Å²) < 4.78 is 11.2. The number of amidine groups is 1. The molecule has 0 amide bonds. The van der Waals surface area contributed by atoms with Crippen LogP contribution in [0.25, 0.3) is 11.1 Å². The van der Waals surface area contributed by atoms with Gasteiger partial charge in [0.15, 0.2) is 0 Å². The highest BCUT2D eigenvalue weighted by atomic mass is 16.5. The molecule has 1 atom stereocenters. The van der Waals surface area contributed by atoms with Gasteiger partial charge in [0.2, 0.25) is 0 Å². The fraction of sp³-hybridized carbons (Fsp3) is 0.294. The maximum atomic E-state index is 5.87. The Kier molecular flexibility index (Phi) is 2.82. The SMILES string of the molecule is Cc1ccncc1-c1ccc2c(c1)CC1(COC(N)=N1)CO2. The Balaban J connectivity index is 1.73. The van der Waals surface area contributed by atoms with Gasteiger partial charge in [-0.3, -0.25) is 4.98 Å². The maximum Gasteiger partial charge on any atom is 0.282 e. The topological polar surface area (TPSA) is 69.7 Å². The van der Waals surface area contributed by atoms with E-state index >= 15 is 0 Å². The Labute approximate surface area is 128 Å². The first kappa shape index (κ1) is 13.1. The Morgan fingerprint density at radius 3 is 2.82 bits per heavy atom. The van der Waals surface area contributed by atoms with E-state index in [0.29, 0.717) is 13.2 Å². The Bertz CT molecular complexity index is 772. The molecule has 5 nitrogen and oxygen atoms in total. The monoisotopic (exact) mass is 295 g/mol. The lowest BCUT2D eigenvalue weighted by atomic mass is 9.88. The van der Waals surface area contributed by atoms with Gasteiger partial charge in [-0.25, -0.2) is 4.99 Å². The first-order valence-corrected chi connectivity index (χ1v) is 7.30. The normalized spacial score (nSPS) is 22.7. The largest absolute Gasteiger partial charge is 0.491 e. The van der Waals surface area contributed by atoms with Gasteiger partial charge in [-0.2, -0.15) is 0 Å². The number of aliphatic imine (C=N–C) groups is 1. The Morgan fingerprint density at radius 2 is 2.05 bits per heavy atom. The van der Waals surface area contributed by atoms with Crippen LogP contribution in [0.15, 0.2) is 41.7 Å². The number of aryl methyl sites for hydroxylation is 1. The number of aromatic nitrogens is 1. The van der Waals surface area contributed by atoms with Gasteiger partial charge in [0, 0.05) is 24.4 Å². The van der Waals surface area contributed by atoms with Crippen molar-refractivity contribution >= 4 is 6.02 Å². The van der Waals surface area contributed by atoms with E-state index in [2.05, 4.69) is 29.0 Å². The molecule has 0 fully saturated rings. The van der Waals surface area contributed by atoms with Crippen molar-refractivity contribution < 1.29 is 9.47 Å². The number of benzene rings is 1. The lowest BCUT2D eigenvalue weighted by molar-refractivity contribution is 0.153. The summed E-state index contributed by atoms with van der Waals surface area (Å²) in [5, 5.41) is 0. The molecule has 0 radical (unpaired) electrons.